The summed E-state index contributed by atoms with van der Waals surface area (Å²) in [4.78, 5) is 0. The number of methoxy groups -OCH3 is 1. The van der Waals surface area contributed by atoms with E-state index < -0.39 is 0 Å². The fourth-order valence-electron chi connectivity index (χ4n) is 5.05. The van der Waals surface area contributed by atoms with Crippen molar-refractivity contribution in [3.05, 3.63) is 92.4 Å². The van der Waals surface area contributed by atoms with Crippen LogP contribution in [0.5, 0.6) is 0 Å². The molecule has 1 heteroatoms. The predicted octanol–water partition coefficient (Wildman–Crippen LogP) is 5.35. The van der Waals surface area contributed by atoms with Gasteiger partial charge in [-0.3, -0.25) is 0 Å². The molecule has 3 aliphatic rings. The van der Waals surface area contributed by atoms with Gasteiger partial charge in [0.05, 0.1) is 6.61 Å². The molecule has 0 heterocycles. The summed E-state index contributed by atoms with van der Waals surface area (Å²) in [6.45, 7) is 5.21. The van der Waals surface area contributed by atoms with Gasteiger partial charge in [-0.15, -0.1) is 0 Å². The van der Waals surface area contributed by atoms with Crippen LogP contribution in [0.15, 0.2) is 59.7 Å². The molecule has 0 N–H and O–H groups in total. The van der Waals surface area contributed by atoms with Crippen molar-refractivity contribution in [2.75, 3.05) is 7.11 Å². The summed E-state index contributed by atoms with van der Waals surface area (Å²) in [5, 5.41) is 2.85. The highest BCUT2D eigenvalue weighted by atomic mass is 16.5. The van der Waals surface area contributed by atoms with E-state index in [1.807, 2.05) is 0 Å². The van der Waals surface area contributed by atoms with E-state index in [2.05, 4.69) is 80.6 Å². The molecule has 0 fully saturated rings. The first-order valence-electron chi connectivity index (χ1n) is 10.7. The van der Waals surface area contributed by atoms with Crippen LogP contribution in [0.2, 0.25) is 0 Å². The molecule has 2 unspecified atom stereocenters. The molecule has 29 heavy (non-hydrogen) atoms. The van der Waals surface area contributed by atoms with Crippen LogP contribution >= 0.6 is 0 Å². The quantitative estimate of drug-likeness (QED) is 0.698. The molecule has 5 rings (SSSR count). The van der Waals surface area contributed by atoms with E-state index in [1.165, 1.54) is 43.8 Å². The van der Waals surface area contributed by atoms with Crippen molar-refractivity contribution in [2.24, 2.45) is 5.92 Å². The van der Waals surface area contributed by atoms with Crippen molar-refractivity contribution in [1.82, 2.24) is 0 Å². The van der Waals surface area contributed by atoms with Gasteiger partial charge in [-0.1, -0.05) is 84.8 Å². The summed E-state index contributed by atoms with van der Waals surface area (Å²) in [5.74, 6) is 0.950. The highest BCUT2D eigenvalue weighted by Crippen LogP contribution is 2.39. The molecule has 0 aliphatic heterocycles. The minimum absolute atomic E-state index is 0.435. The summed E-state index contributed by atoms with van der Waals surface area (Å²) >= 11 is 0. The van der Waals surface area contributed by atoms with Crippen LogP contribution in [0.25, 0.3) is 23.8 Å². The van der Waals surface area contributed by atoms with Gasteiger partial charge in [0.15, 0.2) is 0 Å². The largest absolute Gasteiger partial charge is 0.380 e. The standard InChI is InChI=1S/C28H28O/c1-18-14-20-9-12-26-25-11-8-21(24-7-5-4-6-23(24)17-29-3)16-22(25)10-13-27(26)28(20)15-19(18)2/h4-9,11-15,19,21H,10,16-17H2,1-3H3. The van der Waals surface area contributed by atoms with Crippen molar-refractivity contribution >= 4 is 23.8 Å². The first kappa shape index (κ1) is 18.4. The third-order valence-electron chi connectivity index (χ3n) is 6.78. The number of rotatable bonds is 3. The Bertz CT molecular complexity index is 1190. The van der Waals surface area contributed by atoms with Gasteiger partial charge in [-0.05, 0) is 63.9 Å². The molecule has 0 spiro atoms. The topological polar surface area (TPSA) is 9.23 Å². The van der Waals surface area contributed by atoms with Crippen molar-refractivity contribution in [3.63, 3.8) is 0 Å². The van der Waals surface area contributed by atoms with E-state index in [4.69, 9.17) is 4.74 Å². The normalized spacial score (nSPS) is 22.1. The lowest BCUT2D eigenvalue weighted by Crippen LogP contribution is -2.34. The maximum absolute atomic E-state index is 5.43. The van der Waals surface area contributed by atoms with Gasteiger partial charge in [-0.25, -0.2) is 0 Å². The summed E-state index contributed by atoms with van der Waals surface area (Å²) in [6.07, 6.45) is 14.2. The Balaban J connectivity index is 1.54. The van der Waals surface area contributed by atoms with Crippen molar-refractivity contribution in [2.45, 2.75) is 39.2 Å². The van der Waals surface area contributed by atoms with Crippen molar-refractivity contribution < 1.29 is 4.74 Å². The van der Waals surface area contributed by atoms with Gasteiger partial charge in [0, 0.05) is 13.0 Å². The minimum atomic E-state index is 0.435. The van der Waals surface area contributed by atoms with Crippen molar-refractivity contribution in [3.8, 4) is 0 Å². The van der Waals surface area contributed by atoms with Crippen molar-refractivity contribution in [1.29, 1.82) is 0 Å². The molecule has 2 aromatic carbocycles. The van der Waals surface area contributed by atoms with Gasteiger partial charge >= 0.3 is 0 Å². The Kier molecular flexibility index (Phi) is 4.64. The Labute approximate surface area is 173 Å². The van der Waals surface area contributed by atoms with Crippen LogP contribution < -0.4 is 10.4 Å². The zero-order valence-corrected chi connectivity index (χ0v) is 17.5. The smallest absolute Gasteiger partial charge is 0.0715 e. The maximum atomic E-state index is 5.43. The average Bonchev–Trinajstić information content (AvgIpc) is 2.74. The van der Waals surface area contributed by atoms with Crippen LogP contribution in [0, 0.1) is 5.92 Å². The maximum Gasteiger partial charge on any atom is 0.0715 e. The van der Waals surface area contributed by atoms with Gasteiger partial charge in [-0.2, -0.15) is 0 Å². The Hall–Kier alpha value is -2.64. The highest BCUT2D eigenvalue weighted by Gasteiger charge is 2.23. The molecule has 0 radical (unpaired) electrons. The molecule has 3 aliphatic carbocycles. The molecule has 2 aromatic rings. The number of fused-ring (bicyclic) bond motifs is 4. The lowest BCUT2D eigenvalue weighted by molar-refractivity contribution is 0.184. The molecule has 2 atom stereocenters. The van der Waals surface area contributed by atoms with E-state index in [0.29, 0.717) is 18.4 Å². The third kappa shape index (κ3) is 3.14. The first-order chi connectivity index (χ1) is 14.2. The molecule has 0 saturated heterocycles. The average molecular weight is 381 g/mol. The summed E-state index contributed by atoms with van der Waals surface area (Å²) < 4.78 is 5.43. The summed E-state index contributed by atoms with van der Waals surface area (Å²) in [6, 6.07) is 13.3. The summed E-state index contributed by atoms with van der Waals surface area (Å²) in [7, 11) is 1.77. The summed E-state index contributed by atoms with van der Waals surface area (Å²) in [5.41, 5.74) is 9.92. The third-order valence-corrected chi connectivity index (χ3v) is 6.78. The van der Waals surface area contributed by atoms with E-state index in [1.54, 1.807) is 12.7 Å². The number of ether oxygens (including phenoxy) is 1. The van der Waals surface area contributed by atoms with Crippen LogP contribution in [-0.2, 0) is 11.3 Å². The van der Waals surface area contributed by atoms with E-state index in [-0.39, 0.29) is 0 Å². The monoisotopic (exact) mass is 380 g/mol. The zero-order chi connectivity index (χ0) is 20.0. The molecule has 0 amide bonds. The van der Waals surface area contributed by atoms with E-state index >= 15 is 0 Å². The van der Waals surface area contributed by atoms with Crippen LogP contribution in [0.1, 0.15) is 54.9 Å². The molecule has 1 nitrogen and oxygen atoms in total. The lowest BCUT2D eigenvalue weighted by atomic mass is 9.77. The van der Waals surface area contributed by atoms with E-state index in [9.17, 15) is 0 Å². The Morgan fingerprint density at radius 1 is 1.07 bits per heavy atom. The van der Waals surface area contributed by atoms with Crippen LogP contribution in [-0.4, -0.2) is 7.11 Å². The fraction of sp³-hybridized carbons (Fsp3) is 0.286. The van der Waals surface area contributed by atoms with E-state index in [0.717, 1.165) is 12.8 Å². The first-order valence-corrected chi connectivity index (χ1v) is 10.7. The molecule has 0 saturated carbocycles. The van der Waals surface area contributed by atoms with Gasteiger partial charge < -0.3 is 4.74 Å². The fourth-order valence-corrected chi connectivity index (χ4v) is 5.05. The SMILES string of the molecule is COCc1ccccc1C1C=CC2=C(CC=c3c2ccc2c3=CC(C)C(C)=C2)C1. The Morgan fingerprint density at radius 3 is 2.79 bits per heavy atom. The predicted molar refractivity (Wildman–Crippen MR) is 123 cm³/mol. The minimum Gasteiger partial charge on any atom is -0.380 e. The molecular formula is C28H28O. The number of benzene rings is 2. The van der Waals surface area contributed by atoms with Crippen LogP contribution in [0.4, 0.5) is 0 Å². The molecular weight excluding hydrogens is 352 g/mol. The zero-order valence-electron chi connectivity index (χ0n) is 17.5. The molecule has 146 valence electrons. The number of hydrogen-bond donors (Lipinski definition) is 0. The second-order valence-electron chi connectivity index (χ2n) is 8.60. The number of hydrogen-bond acceptors (Lipinski definition) is 1. The highest BCUT2D eigenvalue weighted by molar-refractivity contribution is 5.83. The second kappa shape index (κ2) is 7.31. The lowest BCUT2D eigenvalue weighted by Gasteiger charge is -2.27. The van der Waals surface area contributed by atoms with Gasteiger partial charge in [0.2, 0.25) is 0 Å². The Morgan fingerprint density at radius 2 is 1.93 bits per heavy atom. The van der Waals surface area contributed by atoms with Gasteiger partial charge in [0.1, 0.15) is 0 Å². The molecule has 0 bridgehead atoms. The van der Waals surface area contributed by atoms with Crippen LogP contribution in [0.3, 0.4) is 0 Å². The number of allylic oxidation sites excluding steroid dienone is 5. The molecule has 0 aromatic heterocycles. The second-order valence-corrected chi connectivity index (χ2v) is 8.60. The van der Waals surface area contributed by atoms with Gasteiger partial charge in [0.25, 0.3) is 0 Å².